The highest BCUT2D eigenvalue weighted by Gasteiger charge is 2.14. The third-order valence-corrected chi connectivity index (χ3v) is 2.58. The van der Waals surface area contributed by atoms with E-state index in [9.17, 15) is 0 Å². The third-order valence-electron chi connectivity index (χ3n) is 2.58. The predicted octanol–water partition coefficient (Wildman–Crippen LogP) is 0.672. The Kier molecular flexibility index (Phi) is 6.11. The summed E-state index contributed by atoms with van der Waals surface area (Å²) in [4.78, 5) is 0. The average Bonchev–Trinajstić information content (AvgIpc) is 2.75. The van der Waals surface area contributed by atoms with Gasteiger partial charge in [0, 0.05) is 13.0 Å². The van der Waals surface area contributed by atoms with Crippen molar-refractivity contribution in [3.8, 4) is 0 Å². The molecule has 0 aromatic rings. The number of hydrogen-bond donors (Lipinski definition) is 3. The number of amidine groups is 1. The molecule has 1 atom stereocenters. The molecule has 1 unspecified atom stereocenters. The van der Waals surface area contributed by atoms with Crippen molar-refractivity contribution in [1.82, 2.24) is 5.32 Å². The van der Waals surface area contributed by atoms with Crippen molar-refractivity contribution in [3.05, 3.63) is 0 Å². The van der Waals surface area contributed by atoms with Crippen LogP contribution in [0.4, 0.5) is 0 Å². The van der Waals surface area contributed by atoms with E-state index >= 15 is 0 Å². The molecule has 1 heterocycles. The fraction of sp³-hybridized carbons (Fsp3) is 0.900. The van der Waals surface area contributed by atoms with Gasteiger partial charge in [0.05, 0.1) is 6.10 Å². The van der Waals surface area contributed by atoms with Crippen LogP contribution in [0.25, 0.3) is 0 Å². The molecule has 0 spiro atoms. The molecule has 5 heteroatoms. The maximum absolute atomic E-state index is 8.31. The van der Waals surface area contributed by atoms with Gasteiger partial charge < -0.3 is 21.0 Å². The van der Waals surface area contributed by atoms with E-state index in [2.05, 4.69) is 10.5 Å². The van der Waals surface area contributed by atoms with Crippen LogP contribution in [0, 0.1) is 0 Å². The molecule has 0 saturated carbocycles. The van der Waals surface area contributed by atoms with Crippen molar-refractivity contribution < 1.29 is 9.94 Å². The average molecular weight is 215 g/mol. The molecular formula is C10H21N3O2. The highest BCUT2D eigenvalue weighted by atomic mass is 16.5. The summed E-state index contributed by atoms with van der Waals surface area (Å²) in [6.45, 7) is 2.82. The van der Waals surface area contributed by atoms with Crippen molar-refractivity contribution in [2.75, 3.05) is 19.7 Å². The molecule has 15 heavy (non-hydrogen) atoms. The van der Waals surface area contributed by atoms with Gasteiger partial charge in [-0.2, -0.15) is 0 Å². The number of nitrogens with one attached hydrogen (secondary N) is 1. The minimum Gasteiger partial charge on any atom is -0.409 e. The lowest BCUT2D eigenvalue weighted by molar-refractivity contribution is 0.104. The Balaban J connectivity index is 1.84. The Labute approximate surface area is 90.7 Å². The first kappa shape index (κ1) is 12.3. The van der Waals surface area contributed by atoms with Crippen LogP contribution in [0.3, 0.4) is 0 Å². The minimum atomic E-state index is 0.302. The molecule has 0 aromatic heterocycles. The van der Waals surface area contributed by atoms with Crippen LogP contribution in [0.1, 0.15) is 32.1 Å². The molecule has 0 bridgehead atoms. The Morgan fingerprint density at radius 1 is 1.53 bits per heavy atom. The largest absolute Gasteiger partial charge is 0.409 e. The molecule has 1 aliphatic heterocycles. The Morgan fingerprint density at radius 3 is 3.07 bits per heavy atom. The fourth-order valence-electron chi connectivity index (χ4n) is 1.70. The lowest BCUT2D eigenvalue weighted by Gasteiger charge is -2.09. The molecule has 88 valence electrons. The van der Waals surface area contributed by atoms with E-state index in [-0.39, 0.29) is 0 Å². The third kappa shape index (κ3) is 5.59. The van der Waals surface area contributed by atoms with Gasteiger partial charge in [0.15, 0.2) is 0 Å². The Hall–Kier alpha value is -0.810. The summed E-state index contributed by atoms with van der Waals surface area (Å²) < 4.78 is 5.50. The Morgan fingerprint density at radius 2 is 2.40 bits per heavy atom. The van der Waals surface area contributed by atoms with E-state index in [1.807, 2.05) is 0 Å². The molecule has 4 N–H and O–H groups in total. The highest BCUT2D eigenvalue weighted by molar-refractivity contribution is 5.79. The van der Waals surface area contributed by atoms with Crippen molar-refractivity contribution in [1.29, 1.82) is 0 Å². The normalized spacial score (nSPS) is 22.1. The van der Waals surface area contributed by atoms with Crippen LogP contribution < -0.4 is 11.1 Å². The summed E-state index contributed by atoms with van der Waals surface area (Å²) in [5.74, 6) is 0.302. The molecule has 0 radical (unpaired) electrons. The number of ether oxygens (including phenoxy) is 1. The van der Waals surface area contributed by atoms with E-state index in [1.165, 1.54) is 12.8 Å². The molecule has 0 aliphatic carbocycles. The minimum absolute atomic E-state index is 0.302. The SMILES string of the molecule is NC(CCCNCCC1CCCO1)=NO. The van der Waals surface area contributed by atoms with Gasteiger partial charge in [-0.1, -0.05) is 5.16 Å². The summed E-state index contributed by atoms with van der Waals surface area (Å²) in [6.07, 6.45) is 5.50. The maximum Gasteiger partial charge on any atom is 0.139 e. The van der Waals surface area contributed by atoms with Crippen LogP contribution in [-0.4, -0.2) is 36.8 Å². The highest BCUT2D eigenvalue weighted by Crippen LogP contribution is 2.14. The zero-order chi connectivity index (χ0) is 10.9. The zero-order valence-corrected chi connectivity index (χ0v) is 9.11. The number of oxime groups is 1. The molecule has 1 fully saturated rings. The van der Waals surface area contributed by atoms with Gasteiger partial charge in [0.25, 0.3) is 0 Å². The standard InChI is InChI=1S/C10H21N3O2/c11-10(13-14)4-1-6-12-7-5-9-3-2-8-15-9/h9,12,14H,1-8H2,(H2,11,13). The first-order valence-corrected chi connectivity index (χ1v) is 5.61. The maximum atomic E-state index is 8.31. The van der Waals surface area contributed by atoms with Crippen LogP contribution in [0.5, 0.6) is 0 Å². The van der Waals surface area contributed by atoms with Gasteiger partial charge in [-0.05, 0) is 38.8 Å². The molecule has 1 aliphatic rings. The van der Waals surface area contributed by atoms with Gasteiger partial charge in [0.2, 0.25) is 0 Å². The van der Waals surface area contributed by atoms with E-state index in [0.717, 1.165) is 32.5 Å². The molecule has 0 amide bonds. The topological polar surface area (TPSA) is 79.9 Å². The number of rotatable bonds is 7. The second-order valence-corrected chi connectivity index (χ2v) is 3.87. The van der Waals surface area contributed by atoms with Crippen molar-refractivity contribution in [3.63, 3.8) is 0 Å². The van der Waals surface area contributed by atoms with Crippen molar-refractivity contribution in [2.45, 2.75) is 38.2 Å². The molecule has 0 aromatic carbocycles. The monoisotopic (exact) mass is 215 g/mol. The lowest BCUT2D eigenvalue weighted by Crippen LogP contribution is -2.22. The summed E-state index contributed by atoms with van der Waals surface area (Å²) in [5.41, 5.74) is 5.34. The molecule has 1 saturated heterocycles. The summed E-state index contributed by atoms with van der Waals surface area (Å²) in [5, 5.41) is 14.5. The van der Waals surface area contributed by atoms with Gasteiger partial charge >= 0.3 is 0 Å². The second-order valence-electron chi connectivity index (χ2n) is 3.87. The molecule has 1 rings (SSSR count). The molecule has 5 nitrogen and oxygen atoms in total. The number of nitrogens with zero attached hydrogens (tertiary/aromatic N) is 1. The van der Waals surface area contributed by atoms with E-state index in [4.69, 9.17) is 15.7 Å². The summed E-state index contributed by atoms with van der Waals surface area (Å²) >= 11 is 0. The van der Waals surface area contributed by atoms with Gasteiger partial charge in [-0.15, -0.1) is 0 Å². The van der Waals surface area contributed by atoms with Crippen molar-refractivity contribution in [2.24, 2.45) is 10.9 Å². The molecular weight excluding hydrogens is 194 g/mol. The quantitative estimate of drug-likeness (QED) is 0.192. The van der Waals surface area contributed by atoms with Crippen LogP contribution in [-0.2, 0) is 4.74 Å². The second kappa shape index (κ2) is 7.48. The van der Waals surface area contributed by atoms with Gasteiger partial charge in [0.1, 0.15) is 5.84 Å². The van der Waals surface area contributed by atoms with E-state index in [0.29, 0.717) is 18.4 Å². The lowest BCUT2D eigenvalue weighted by atomic mass is 10.2. The van der Waals surface area contributed by atoms with Crippen molar-refractivity contribution >= 4 is 5.84 Å². The van der Waals surface area contributed by atoms with E-state index < -0.39 is 0 Å². The predicted molar refractivity (Wildman–Crippen MR) is 59.1 cm³/mol. The number of nitrogens with two attached hydrogens (primary N) is 1. The first-order chi connectivity index (χ1) is 7.33. The zero-order valence-electron chi connectivity index (χ0n) is 9.11. The van der Waals surface area contributed by atoms with Crippen LogP contribution in [0.2, 0.25) is 0 Å². The van der Waals surface area contributed by atoms with E-state index in [1.54, 1.807) is 0 Å². The number of hydrogen-bond acceptors (Lipinski definition) is 4. The summed E-state index contributed by atoms with van der Waals surface area (Å²) in [7, 11) is 0. The smallest absolute Gasteiger partial charge is 0.139 e. The Bertz CT molecular complexity index is 191. The fourth-order valence-corrected chi connectivity index (χ4v) is 1.70. The van der Waals surface area contributed by atoms with Gasteiger partial charge in [-0.25, -0.2) is 0 Å². The van der Waals surface area contributed by atoms with Crippen LogP contribution in [0.15, 0.2) is 5.16 Å². The van der Waals surface area contributed by atoms with Crippen LogP contribution >= 0.6 is 0 Å². The first-order valence-electron chi connectivity index (χ1n) is 5.61. The summed E-state index contributed by atoms with van der Waals surface area (Å²) in [6, 6.07) is 0. The van der Waals surface area contributed by atoms with Gasteiger partial charge in [-0.3, -0.25) is 0 Å².